The van der Waals surface area contributed by atoms with E-state index in [1.54, 1.807) is 0 Å². The molecule has 25 heavy (non-hydrogen) atoms. The highest BCUT2D eigenvalue weighted by Gasteiger charge is 2.34. The first-order valence-electron chi connectivity index (χ1n) is 9.03. The van der Waals surface area contributed by atoms with Gasteiger partial charge in [-0.25, -0.2) is 0 Å². The van der Waals surface area contributed by atoms with Crippen LogP contribution in [0, 0.1) is 0 Å². The van der Waals surface area contributed by atoms with E-state index in [1.165, 1.54) is 12.8 Å². The molecule has 5 heteroatoms. The van der Waals surface area contributed by atoms with Crippen LogP contribution in [0.1, 0.15) is 38.5 Å². The normalized spacial score (nSPS) is 21.0. The number of anilines is 1. The number of hydrogen-bond donors (Lipinski definition) is 0. The zero-order valence-corrected chi connectivity index (χ0v) is 16.5. The number of nitrogens with zero attached hydrogens (tertiary/aromatic N) is 2. The molecule has 1 aromatic carbocycles. The van der Waals surface area contributed by atoms with Crippen LogP contribution in [0.2, 0.25) is 5.02 Å². The highest BCUT2D eigenvalue weighted by Crippen LogP contribution is 2.31. The fraction of sp³-hybridized carbons (Fsp3) is 0.550. The van der Waals surface area contributed by atoms with Gasteiger partial charge in [-0.1, -0.05) is 36.9 Å². The van der Waals surface area contributed by atoms with Crippen molar-refractivity contribution >= 4 is 34.8 Å². The lowest BCUT2D eigenvalue weighted by Crippen LogP contribution is -2.52. The molecule has 0 heterocycles. The SMILES string of the molecule is C=CCN(C)C1CCCCCC1N(C(=O)CCCl)c1ccc(Cl)cc1. The minimum absolute atomic E-state index is 0.0845. The molecule has 1 saturated carbocycles. The third-order valence-corrected chi connectivity index (χ3v) is 5.38. The van der Waals surface area contributed by atoms with Crippen LogP contribution in [-0.4, -0.2) is 42.4 Å². The van der Waals surface area contributed by atoms with Crippen molar-refractivity contribution in [1.82, 2.24) is 4.90 Å². The predicted molar refractivity (Wildman–Crippen MR) is 108 cm³/mol. The van der Waals surface area contributed by atoms with Gasteiger partial charge >= 0.3 is 0 Å². The van der Waals surface area contributed by atoms with Crippen molar-refractivity contribution in [3.8, 4) is 0 Å². The van der Waals surface area contributed by atoms with Crippen LogP contribution in [0.5, 0.6) is 0 Å². The van der Waals surface area contributed by atoms with Gasteiger partial charge in [0.1, 0.15) is 0 Å². The Morgan fingerprint density at radius 2 is 1.84 bits per heavy atom. The van der Waals surface area contributed by atoms with Gasteiger partial charge in [-0.2, -0.15) is 0 Å². The maximum atomic E-state index is 12.9. The summed E-state index contributed by atoms with van der Waals surface area (Å²) in [5.74, 6) is 0.421. The van der Waals surface area contributed by atoms with Crippen LogP contribution >= 0.6 is 23.2 Å². The van der Waals surface area contributed by atoms with Crippen LogP contribution in [-0.2, 0) is 4.79 Å². The summed E-state index contributed by atoms with van der Waals surface area (Å²) < 4.78 is 0. The van der Waals surface area contributed by atoms with Gasteiger partial charge in [0.2, 0.25) is 5.91 Å². The van der Waals surface area contributed by atoms with Crippen molar-refractivity contribution in [3.63, 3.8) is 0 Å². The molecule has 1 aliphatic carbocycles. The summed E-state index contributed by atoms with van der Waals surface area (Å²) in [6.45, 7) is 4.69. The largest absolute Gasteiger partial charge is 0.308 e. The van der Waals surface area contributed by atoms with Gasteiger partial charge in [0.05, 0.1) is 6.04 Å². The summed E-state index contributed by atoms with van der Waals surface area (Å²) in [6.07, 6.45) is 7.92. The molecular weight excluding hydrogens is 355 g/mol. The highest BCUT2D eigenvalue weighted by atomic mass is 35.5. The van der Waals surface area contributed by atoms with E-state index in [9.17, 15) is 4.79 Å². The first-order valence-corrected chi connectivity index (χ1v) is 9.94. The van der Waals surface area contributed by atoms with E-state index in [2.05, 4.69) is 18.5 Å². The number of benzene rings is 1. The molecule has 2 unspecified atom stereocenters. The van der Waals surface area contributed by atoms with Crippen molar-refractivity contribution < 1.29 is 4.79 Å². The lowest BCUT2D eigenvalue weighted by Gasteiger charge is -2.40. The lowest BCUT2D eigenvalue weighted by molar-refractivity contribution is -0.119. The molecule has 0 spiro atoms. The Labute approximate surface area is 161 Å². The van der Waals surface area contributed by atoms with Crippen LogP contribution < -0.4 is 4.90 Å². The molecule has 2 rings (SSSR count). The molecule has 1 amide bonds. The molecule has 2 atom stereocenters. The summed E-state index contributed by atoms with van der Waals surface area (Å²) in [6, 6.07) is 8.02. The monoisotopic (exact) mass is 382 g/mol. The van der Waals surface area contributed by atoms with E-state index >= 15 is 0 Å². The van der Waals surface area contributed by atoms with E-state index in [1.807, 2.05) is 35.2 Å². The maximum absolute atomic E-state index is 12.9. The fourth-order valence-electron chi connectivity index (χ4n) is 3.75. The van der Waals surface area contributed by atoms with Crippen molar-refractivity contribution in [2.45, 2.75) is 50.6 Å². The molecule has 0 N–H and O–H groups in total. The molecule has 0 saturated heterocycles. The van der Waals surface area contributed by atoms with E-state index in [4.69, 9.17) is 23.2 Å². The minimum Gasteiger partial charge on any atom is -0.308 e. The number of amides is 1. The second-order valence-corrected chi connectivity index (χ2v) is 7.49. The third kappa shape index (κ3) is 5.47. The maximum Gasteiger partial charge on any atom is 0.228 e. The first kappa shape index (κ1) is 20.3. The average molecular weight is 383 g/mol. The van der Waals surface area contributed by atoms with E-state index in [0.29, 0.717) is 23.4 Å². The van der Waals surface area contributed by atoms with E-state index < -0.39 is 0 Å². The standard InChI is InChI=1S/C20H28Cl2N2O/c1-3-15-23(2)18-7-5-4-6-8-19(18)24(20(25)13-14-21)17-11-9-16(22)10-12-17/h3,9-12,18-19H,1,4-8,13-15H2,2H3. The molecule has 0 aromatic heterocycles. The van der Waals surface area contributed by atoms with Crippen LogP contribution in [0.15, 0.2) is 36.9 Å². The van der Waals surface area contributed by atoms with E-state index in [0.717, 1.165) is 31.5 Å². The van der Waals surface area contributed by atoms with Crippen LogP contribution in [0.25, 0.3) is 0 Å². The number of likely N-dealkylation sites (N-methyl/N-ethyl adjacent to an activating group) is 1. The Morgan fingerprint density at radius 1 is 1.20 bits per heavy atom. The van der Waals surface area contributed by atoms with Crippen LogP contribution in [0.4, 0.5) is 5.69 Å². The van der Waals surface area contributed by atoms with Gasteiger partial charge < -0.3 is 4.90 Å². The number of hydrogen-bond acceptors (Lipinski definition) is 2. The third-order valence-electron chi connectivity index (χ3n) is 4.94. The summed E-state index contributed by atoms with van der Waals surface area (Å²) in [5, 5.41) is 0.676. The molecule has 1 fully saturated rings. The first-order chi connectivity index (χ1) is 12.1. The van der Waals surface area contributed by atoms with Crippen LogP contribution in [0.3, 0.4) is 0 Å². The van der Waals surface area contributed by atoms with Gasteiger partial charge in [0.15, 0.2) is 0 Å². The highest BCUT2D eigenvalue weighted by molar-refractivity contribution is 6.30. The average Bonchev–Trinajstić information content (AvgIpc) is 2.83. The quantitative estimate of drug-likeness (QED) is 0.371. The number of carbonyl (C=O) groups is 1. The summed E-state index contributed by atoms with van der Waals surface area (Å²) >= 11 is 11.9. The van der Waals surface area contributed by atoms with Crippen molar-refractivity contribution in [2.75, 3.05) is 24.4 Å². The second kappa shape index (κ2) is 10.2. The molecule has 138 valence electrons. The summed E-state index contributed by atoms with van der Waals surface area (Å²) in [4.78, 5) is 17.2. The number of carbonyl (C=O) groups excluding carboxylic acids is 1. The topological polar surface area (TPSA) is 23.6 Å². The predicted octanol–water partition coefficient (Wildman–Crippen LogP) is 5.12. The fourth-order valence-corrected chi connectivity index (χ4v) is 4.03. The smallest absolute Gasteiger partial charge is 0.228 e. The Bertz CT molecular complexity index is 561. The van der Waals surface area contributed by atoms with Crippen molar-refractivity contribution in [3.05, 3.63) is 41.9 Å². The Morgan fingerprint density at radius 3 is 2.44 bits per heavy atom. The molecule has 0 bridgehead atoms. The number of alkyl halides is 1. The van der Waals surface area contributed by atoms with Gasteiger partial charge in [0.25, 0.3) is 0 Å². The van der Waals surface area contributed by atoms with Gasteiger partial charge in [-0.3, -0.25) is 9.69 Å². The van der Waals surface area contributed by atoms with Crippen molar-refractivity contribution in [2.24, 2.45) is 0 Å². The van der Waals surface area contributed by atoms with Gasteiger partial charge in [-0.05, 0) is 44.2 Å². The number of halogens is 2. The molecule has 3 nitrogen and oxygen atoms in total. The number of rotatable bonds is 7. The molecule has 0 aliphatic heterocycles. The summed E-state index contributed by atoms with van der Waals surface area (Å²) in [7, 11) is 2.12. The van der Waals surface area contributed by atoms with Gasteiger partial charge in [0, 0.05) is 35.6 Å². The zero-order valence-electron chi connectivity index (χ0n) is 15.0. The molecule has 1 aliphatic rings. The lowest BCUT2D eigenvalue weighted by atomic mass is 9.98. The van der Waals surface area contributed by atoms with E-state index in [-0.39, 0.29) is 11.9 Å². The molecule has 0 radical (unpaired) electrons. The summed E-state index contributed by atoms with van der Waals surface area (Å²) in [5.41, 5.74) is 0.906. The minimum atomic E-state index is 0.0845. The molecule has 1 aromatic rings. The second-order valence-electron chi connectivity index (χ2n) is 6.68. The Balaban J connectivity index is 2.38. The van der Waals surface area contributed by atoms with Gasteiger partial charge in [-0.15, -0.1) is 18.2 Å². The zero-order chi connectivity index (χ0) is 18.2. The van der Waals surface area contributed by atoms with Crippen molar-refractivity contribution in [1.29, 1.82) is 0 Å². The molecular formula is C20H28Cl2N2O. The Kier molecular flexibility index (Phi) is 8.28. The Hall–Kier alpha value is -1.03.